The molecular weight excluding hydrogens is 268 g/mol. The summed E-state index contributed by atoms with van der Waals surface area (Å²) in [5.41, 5.74) is 0.555. The Hall–Kier alpha value is -1.22. The van der Waals surface area contributed by atoms with Gasteiger partial charge >= 0.3 is 0 Å². The number of ether oxygens (including phenoxy) is 2. The van der Waals surface area contributed by atoms with E-state index in [1.807, 2.05) is 0 Å². The molecule has 5 N–H and O–H groups in total. The summed E-state index contributed by atoms with van der Waals surface area (Å²) in [4.78, 5) is 0. The van der Waals surface area contributed by atoms with Crippen LogP contribution in [0.25, 0.3) is 0 Å². The number of aliphatic hydroxyl groups is 4. The van der Waals surface area contributed by atoms with Gasteiger partial charge in [-0.05, 0) is 12.1 Å². The minimum Gasteiger partial charge on any atom is -0.508 e. The molecule has 1 fully saturated rings. The third-order valence-corrected chi connectivity index (χ3v) is 3.16. The lowest BCUT2D eigenvalue weighted by atomic mass is 10.0. The van der Waals surface area contributed by atoms with E-state index in [0.29, 0.717) is 5.56 Å². The average molecular weight is 286 g/mol. The second-order valence-corrected chi connectivity index (χ2v) is 4.67. The molecule has 0 amide bonds. The van der Waals surface area contributed by atoms with E-state index in [4.69, 9.17) is 14.6 Å². The molecule has 5 atom stereocenters. The number of phenolic OH excluding ortho intramolecular Hbond substituents is 1. The molecule has 1 heterocycles. The molecule has 1 saturated heterocycles. The number of benzene rings is 1. The lowest BCUT2D eigenvalue weighted by molar-refractivity contribution is -0.199. The summed E-state index contributed by atoms with van der Waals surface area (Å²) in [6, 6.07) is 6.01. The fraction of sp³-hybridized carbons (Fsp3) is 0.538. The SMILES string of the molecule is OC[C@@H](O)[C@@H]1OC(c2ccc(O)cc2)OC[C@H](O)[C@@H]1O. The van der Waals surface area contributed by atoms with E-state index in [1.165, 1.54) is 12.1 Å². The summed E-state index contributed by atoms with van der Waals surface area (Å²) in [7, 11) is 0. The highest BCUT2D eigenvalue weighted by atomic mass is 16.7. The first-order chi connectivity index (χ1) is 9.52. The van der Waals surface area contributed by atoms with Gasteiger partial charge in [0.2, 0.25) is 0 Å². The predicted octanol–water partition coefficient (Wildman–Crippen LogP) is -1.12. The van der Waals surface area contributed by atoms with Gasteiger partial charge in [-0.15, -0.1) is 0 Å². The molecule has 20 heavy (non-hydrogen) atoms. The van der Waals surface area contributed by atoms with Crippen LogP contribution < -0.4 is 0 Å². The molecule has 1 aromatic carbocycles. The molecular formula is C13H18O7. The summed E-state index contributed by atoms with van der Waals surface area (Å²) in [6.07, 6.45) is -6.06. The van der Waals surface area contributed by atoms with Gasteiger partial charge in [-0.25, -0.2) is 0 Å². The highest BCUT2D eigenvalue weighted by Gasteiger charge is 2.38. The van der Waals surface area contributed by atoms with Crippen molar-refractivity contribution in [3.8, 4) is 5.75 Å². The summed E-state index contributed by atoms with van der Waals surface area (Å²) in [5, 5.41) is 47.4. The van der Waals surface area contributed by atoms with Crippen molar-refractivity contribution >= 4 is 0 Å². The second-order valence-electron chi connectivity index (χ2n) is 4.67. The first-order valence-corrected chi connectivity index (χ1v) is 6.24. The fourth-order valence-corrected chi connectivity index (χ4v) is 1.99. The Morgan fingerprint density at radius 1 is 1.20 bits per heavy atom. The van der Waals surface area contributed by atoms with Gasteiger partial charge in [-0.3, -0.25) is 0 Å². The molecule has 1 aromatic rings. The maximum absolute atomic E-state index is 9.86. The first-order valence-electron chi connectivity index (χ1n) is 6.24. The van der Waals surface area contributed by atoms with Crippen molar-refractivity contribution in [2.45, 2.75) is 30.7 Å². The van der Waals surface area contributed by atoms with Crippen LogP contribution in [0.2, 0.25) is 0 Å². The molecule has 0 saturated carbocycles. The molecule has 7 nitrogen and oxygen atoms in total. The Morgan fingerprint density at radius 3 is 2.45 bits per heavy atom. The molecule has 1 unspecified atom stereocenters. The zero-order chi connectivity index (χ0) is 14.7. The van der Waals surface area contributed by atoms with Crippen LogP contribution in [0.5, 0.6) is 5.75 Å². The monoisotopic (exact) mass is 286 g/mol. The third-order valence-electron chi connectivity index (χ3n) is 3.16. The number of aliphatic hydroxyl groups excluding tert-OH is 4. The van der Waals surface area contributed by atoms with Crippen molar-refractivity contribution in [3.63, 3.8) is 0 Å². The van der Waals surface area contributed by atoms with Gasteiger partial charge in [0.15, 0.2) is 6.29 Å². The Balaban J connectivity index is 2.20. The van der Waals surface area contributed by atoms with Crippen LogP contribution in [0, 0.1) is 0 Å². The minimum absolute atomic E-state index is 0.0781. The van der Waals surface area contributed by atoms with Gasteiger partial charge in [0.1, 0.15) is 30.2 Å². The number of phenols is 1. The lowest BCUT2D eigenvalue weighted by Gasteiger charge is -2.27. The van der Waals surface area contributed by atoms with Crippen molar-refractivity contribution in [3.05, 3.63) is 29.8 Å². The second kappa shape index (κ2) is 6.49. The van der Waals surface area contributed by atoms with E-state index in [9.17, 15) is 20.4 Å². The van der Waals surface area contributed by atoms with Gasteiger partial charge < -0.3 is 35.0 Å². The van der Waals surface area contributed by atoms with Gasteiger partial charge in [0, 0.05) is 5.56 Å². The highest BCUT2D eigenvalue weighted by molar-refractivity contribution is 5.26. The average Bonchev–Trinajstić information content (AvgIpc) is 2.60. The molecule has 1 aliphatic heterocycles. The van der Waals surface area contributed by atoms with Crippen molar-refractivity contribution < 1.29 is 35.0 Å². The van der Waals surface area contributed by atoms with E-state index in [-0.39, 0.29) is 12.4 Å². The van der Waals surface area contributed by atoms with E-state index in [2.05, 4.69) is 0 Å². The number of aromatic hydroxyl groups is 1. The summed E-state index contributed by atoms with van der Waals surface area (Å²) < 4.78 is 10.8. The number of rotatable bonds is 3. The van der Waals surface area contributed by atoms with Crippen molar-refractivity contribution in [1.29, 1.82) is 0 Å². The van der Waals surface area contributed by atoms with Crippen LogP contribution in [0.3, 0.4) is 0 Å². The molecule has 2 rings (SSSR count). The van der Waals surface area contributed by atoms with Crippen LogP contribution in [-0.4, -0.2) is 63.2 Å². The molecule has 1 aliphatic rings. The lowest BCUT2D eigenvalue weighted by Crippen LogP contribution is -2.47. The maximum atomic E-state index is 9.86. The zero-order valence-electron chi connectivity index (χ0n) is 10.7. The first kappa shape index (κ1) is 15.2. The minimum atomic E-state index is -1.38. The molecule has 0 aromatic heterocycles. The summed E-state index contributed by atoms with van der Waals surface area (Å²) in [6.45, 7) is -0.794. The Morgan fingerprint density at radius 2 is 1.85 bits per heavy atom. The molecule has 0 radical (unpaired) electrons. The van der Waals surface area contributed by atoms with E-state index in [1.54, 1.807) is 12.1 Å². The molecule has 7 heteroatoms. The van der Waals surface area contributed by atoms with Gasteiger partial charge in [0.05, 0.1) is 13.2 Å². The normalized spacial score (nSPS) is 32.6. The van der Waals surface area contributed by atoms with Gasteiger partial charge in [0.25, 0.3) is 0 Å². The van der Waals surface area contributed by atoms with Crippen LogP contribution in [0.1, 0.15) is 11.9 Å². The van der Waals surface area contributed by atoms with E-state index >= 15 is 0 Å². The Bertz CT molecular complexity index is 421. The highest BCUT2D eigenvalue weighted by Crippen LogP contribution is 2.28. The van der Waals surface area contributed by atoms with Crippen LogP contribution in [-0.2, 0) is 9.47 Å². The maximum Gasteiger partial charge on any atom is 0.184 e. The van der Waals surface area contributed by atoms with Crippen molar-refractivity contribution in [2.75, 3.05) is 13.2 Å². The van der Waals surface area contributed by atoms with Gasteiger partial charge in [-0.1, -0.05) is 12.1 Å². The Labute approximate surface area is 115 Å². The van der Waals surface area contributed by atoms with E-state index < -0.39 is 37.3 Å². The molecule has 0 bridgehead atoms. The predicted molar refractivity (Wildman–Crippen MR) is 66.8 cm³/mol. The molecule has 0 spiro atoms. The zero-order valence-corrected chi connectivity index (χ0v) is 10.7. The largest absolute Gasteiger partial charge is 0.508 e. The molecule has 112 valence electrons. The summed E-state index contributed by atoms with van der Waals surface area (Å²) >= 11 is 0. The van der Waals surface area contributed by atoms with Crippen LogP contribution in [0.15, 0.2) is 24.3 Å². The van der Waals surface area contributed by atoms with Crippen LogP contribution >= 0.6 is 0 Å². The number of hydrogen-bond donors (Lipinski definition) is 5. The van der Waals surface area contributed by atoms with E-state index in [0.717, 1.165) is 0 Å². The topological polar surface area (TPSA) is 120 Å². The van der Waals surface area contributed by atoms with Crippen LogP contribution in [0.4, 0.5) is 0 Å². The standard InChI is InChI=1S/C13H18O7/c14-5-9(16)12-11(18)10(17)6-19-13(20-12)7-1-3-8(15)4-2-7/h1-4,9-18H,5-6H2/t9-,10+,11+,12+,13?/m1/s1. The van der Waals surface area contributed by atoms with Crippen molar-refractivity contribution in [2.24, 2.45) is 0 Å². The molecule has 0 aliphatic carbocycles. The smallest absolute Gasteiger partial charge is 0.184 e. The third kappa shape index (κ3) is 3.26. The quantitative estimate of drug-likeness (QED) is 0.477. The number of hydrogen-bond acceptors (Lipinski definition) is 7. The fourth-order valence-electron chi connectivity index (χ4n) is 1.99. The van der Waals surface area contributed by atoms with Gasteiger partial charge in [-0.2, -0.15) is 0 Å². The van der Waals surface area contributed by atoms with Crippen molar-refractivity contribution in [1.82, 2.24) is 0 Å². The Kier molecular flexibility index (Phi) is 4.92. The summed E-state index contributed by atoms with van der Waals surface area (Å²) in [5.74, 6) is 0.0781.